The Morgan fingerprint density at radius 1 is 1.32 bits per heavy atom. The van der Waals surface area contributed by atoms with E-state index in [1.807, 2.05) is 13.8 Å². The predicted molar refractivity (Wildman–Crippen MR) is 76.7 cm³/mol. The first-order chi connectivity index (χ1) is 8.89. The van der Waals surface area contributed by atoms with E-state index in [0.717, 1.165) is 13.1 Å². The number of likely N-dealkylation sites (tertiary alicyclic amines) is 1. The van der Waals surface area contributed by atoms with E-state index in [1.54, 1.807) is 24.3 Å². The van der Waals surface area contributed by atoms with E-state index in [2.05, 4.69) is 4.90 Å². The van der Waals surface area contributed by atoms with Crippen LogP contribution >= 0.6 is 11.6 Å². The van der Waals surface area contributed by atoms with Crippen molar-refractivity contribution in [3.63, 3.8) is 0 Å². The number of Topliss-reactive ketones (excluding diaryl/α,β-unsaturated/α-hetero) is 1. The van der Waals surface area contributed by atoms with Gasteiger partial charge in [0.15, 0.2) is 5.78 Å². The molecule has 1 atom stereocenters. The SMILES string of the molecule is CC(C(=O)c1ccc(Cl)cc1)N1CCC(C)(O)CC1. The minimum absolute atomic E-state index is 0.109. The zero-order chi connectivity index (χ0) is 14.0. The summed E-state index contributed by atoms with van der Waals surface area (Å²) in [4.78, 5) is 14.5. The van der Waals surface area contributed by atoms with Crippen LogP contribution in [0, 0.1) is 0 Å². The highest BCUT2D eigenvalue weighted by Gasteiger charge is 2.31. The number of carbonyl (C=O) groups is 1. The van der Waals surface area contributed by atoms with Crippen LogP contribution in [0.2, 0.25) is 5.02 Å². The van der Waals surface area contributed by atoms with Gasteiger partial charge < -0.3 is 5.11 Å². The first kappa shape index (κ1) is 14.5. The van der Waals surface area contributed by atoms with Gasteiger partial charge in [0, 0.05) is 23.7 Å². The van der Waals surface area contributed by atoms with Crippen molar-refractivity contribution in [1.29, 1.82) is 0 Å². The minimum Gasteiger partial charge on any atom is -0.390 e. The number of ketones is 1. The molecule has 3 nitrogen and oxygen atoms in total. The van der Waals surface area contributed by atoms with Crippen molar-refractivity contribution >= 4 is 17.4 Å². The zero-order valence-corrected chi connectivity index (χ0v) is 12.2. The smallest absolute Gasteiger partial charge is 0.179 e. The normalized spacial score (nSPS) is 21.1. The molecule has 1 aliphatic rings. The predicted octanol–water partition coefficient (Wildman–Crippen LogP) is 2.76. The van der Waals surface area contributed by atoms with Crippen LogP contribution in [0.5, 0.6) is 0 Å². The van der Waals surface area contributed by atoms with Gasteiger partial charge in [0.2, 0.25) is 0 Å². The summed E-state index contributed by atoms with van der Waals surface area (Å²) in [5, 5.41) is 10.6. The number of aliphatic hydroxyl groups is 1. The number of rotatable bonds is 3. The summed E-state index contributed by atoms with van der Waals surface area (Å²) in [5.74, 6) is 0.109. The number of hydrogen-bond acceptors (Lipinski definition) is 3. The van der Waals surface area contributed by atoms with Gasteiger partial charge in [0.05, 0.1) is 11.6 Å². The van der Waals surface area contributed by atoms with Crippen molar-refractivity contribution in [3.05, 3.63) is 34.9 Å². The lowest BCUT2D eigenvalue weighted by molar-refractivity contribution is -0.0127. The van der Waals surface area contributed by atoms with E-state index in [4.69, 9.17) is 11.6 Å². The van der Waals surface area contributed by atoms with Gasteiger partial charge in [-0.1, -0.05) is 11.6 Å². The van der Waals surface area contributed by atoms with Gasteiger partial charge in [-0.25, -0.2) is 0 Å². The molecule has 0 amide bonds. The fourth-order valence-electron chi connectivity index (χ4n) is 2.41. The molecule has 0 aromatic heterocycles. The van der Waals surface area contributed by atoms with E-state index >= 15 is 0 Å². The third-order valence-electron chi connectivity index (χ3n) is 3.93. The topological polar surface area (TPSA) is 40.5 Å². The van der Waals surface area contributed by atoms with Crippen molar-refractivity contribution in [2.45, 2.75) is 38.3 Å². The Morgan fingerprint density at radius 3 is 2.37 bits per heavy atom. The van der Waals surface area contributed by atoms with Crippen molar-refractivity contribution < 1.29 is 9.90 Å². The fourth-order valence-corrected chi connectivity index (χ4v) is 2.54. The average Bonchev–Trinajstić information content (AvgIpc) is 2.38. The molecule has 104 valence electrons. The maximum absolute atomic E-state index is 12.4. The highest BCUT2D eigenvalue weighted by molar-refractivity contribution is 6.30. The summed E-state index contributed by atoms with van der Waals surface area (Å²) in [6.07, 6.45) is 1.43. The lowest BCUT2D eigenvalue weighted by Gasteiger charge is -2.38. The number of carbonyl (C=O) groups excluding carboxylic acids is 1. The molecule has 1 heterocycles. The summed E-state index contributed by atoms with van der Waals surface area (Å²) in [7, 11) is 0. The van der Waals surface area contributed by atoms with Crippen molar-refractivity contribution in [2.75, 3.05) is 13.1 Å². The molecule has 0 radical (unpaired) electrons. The van der Waals surface area contributed by atoms with Gasteiger partial charge in [-0.3, -0.25) is 9.69 Å². The van der Waals surface area contributed by atoms with Gasteiger partial charge in [-0.15, -0.1) is 0 Å². The second kappa shape index (κ2) is 5.61. The molecule has 1 unspecified atom stereocenters. The second-order valence-corrected chi connectivity index (χ2v) is 6.02. The van der Waals surface area contributed by atoms with Crippen LogP contribution in [0.3, 0.4) is 0 Å². The molecular weight excluding hydrogens is 262 g/mol. The van der Waals surface area contributed by atoms with E-state index < -0.39 is 5.60 Å². The molecule has 19 heavy (non-hydrogen) atoms. The standard InChI is InChI=1S/C15H20ClNO2/c1-11(17-9-7-15(2,19)8-10-17)14(18)12-3-5-13(16)6-4-12/h3-6,11,19H,7-10H2,1-2H3. The molecule has 4 heteroatoms. The minimum atomic E-state index is -0.584. The third-order valence-corrected chi connectivity index (χ3v) is 4.18. The number of nitrogens with zero attached hydrogens (tertiary/aromatic N) is 1. The van der Waals surface area contributed by atoms with Gasteiger partial charge in [0.25, 0.3) is 0 Å². The molecule has 0 saturated carbocycles. The number of piperidine rings is 1. The molecule has 1 saturated heterocycles. The van der Waals surface area contributed by atoms with Crippen molar-refractivity contribution in [2.24, 2.45) is 0 Å². The molecule has 0 bridgehead atoms. The lowest BCUT2D eigenvalue weighted by atomic mass is 9.92. The molecule has 1 aliphatic heterocycles. The molecular formula is C15H20ClNO2. The van der Waals surface area contributed by atoms with Crippen LogP contribution < -0.4 is 0 Å². The summed E-state index contributed by atoms with van der Waals surface area (Å²) in [6, 6.07) is 6.85. The fraction of sp³-hybridized carbons (Fsp3) is 0.533. The zero-order valence-electron chi connectivity index (χ0n) is 11.4. The van der Waals surface area contributed by atoms with Crippen LogP contribution in [-0.2, 0) is 0 Å². The van der Waals surface area contributed by atoms with E-state index in [9.17, 15) is 9.90 Å². The maximum atomic E-state index is 12.4. The van der Waals surface area contributed by atoms with Crippen molar-refractivity contribution in [3.8, 4) is 0 Å². The molecule has 0 spiro atoms. The van der Waals surface area contributed by atoms with Crippen LogP contribution in [0.4, 0.5) is 0 Å². The van der Waals surface area contributed by atoms with Gasteiger partial charge in [-0.2, -0.15) is 0 Å². The van der Waals surface area contributed by atoms with E-state index in [-0.39, 0.29) is 11.8 Å². The first-order valence-corrected chi connectivity index (χ1v) is 7.03. The van der Waals surface area contributed by atoms with E-state index in [1.165, 1.54) is 0 Å². The Kier molecular flexibility index (Phi) is 4.29. The van der Waals surface area contributed by atoms with Crippen LogP contribution in [0.25, 0.3) is 0 Å². The largest absolute Gasteiger partial charge is 0.390 e. The molecule has 1 N–H and O–H groups in total. The molecule has 2 rings (SSSR count). The monoisotopic (exact) mass is 281 g/mol. The van der Waals surface area contributed by atoms with Gasteiger partial charge >= 0.3 is 0 Å². The Hall–Kier alpha value is -0.900. The summed E-state index contributed by atoms with van der Waals surface area (Å²) >= 11 is 5.83. The van der Waals surface area contributed by atoms with Gasteiger partial charge in [0.1, 0.15) is 0 Å². The summed E-state index contributed by atoms with van der Waals surface area (Å²) < 4.78 is 0. The number of halogens is 1. The first-order valence-electron chi connectivity index (χ1n) is 6.65. The van der Waals surface area contributed by atoms with Crippen LogP contribution in [-0.4, -0.2) is 40.5 Å². The molecule has 1 fully saturated rings. The third kappa shape index (κ3) is 3.56. The highest BCUT2D eigenvalue weighted by Crippen LogP contribution is 2.23. The summed E-state index contributed by atoms with van der Waals surface area (Å²) in [5.41, 5.74) is 0.105. The molecule has 0 aliphatic carbocycles. The quantitative estimate of drug-likeness (QED) is 0.866. The summed E-state index contributed by atoms with van der Waals surface area (Å²) in [6.45, 7) is 5.30. The van der Waals surface area contributed by atoms with E-state index in [0.29, 0.717) is 23.4 Å². The lowest BCUT2D eigenvalue weighted by Crippen LogP contribution is -2.48. The van der Waals surface area contributed by atoms with Crippen LogP contribution in [0.15, 0.2) is 24.3 Å². The Balaban J connectivity index is 2.02. The number of benzene rings is 1. The highest BCUT2D eigenvalue weighted by atomic mass is 35.5. The second-order valence-electron chi connectivity index (χ2n) is 5.58. The average molecular weight is 282 g/mol. The van der Waals surface area contributed by atoms with Crippen LogP contribution in [0.1, 0.15) is 37.0 Å². The molecule has 1 aromatic carbocycles. The number of hydrogen-bond donors (Lipinski definition) is 1. The Morgan fingerprint density at radius 2 is 1.84 bits per heavy atom. The Bertz CT molecular complexity index is 446. The Labute approximate surface area is 119 Å². The maximum Gasteiger partial charge on any atom is 0.179 e. The van der Waals surface area contributed by atoms with Crippen molar-refractivity contribution in [1.82, 2.24) is 4.90 Å². The molecule has 1 aromatic rings. The van der Waals surface area contributed by atoms with Gasteiger partial charge in [-0.05, 0) is 51.0 Å².